The lowest BCUT2D eigenvalue weighted by Crippen LogP contribution is -2.44. The van der Waals surface area contributed by atoms with Gasteiger partial charge in [-0.25, -0.2) is 0 Å². The van der Waals surface area contributed by atoms with Crippen molar-refractivity contribution in [2.75, 3.05) is 33.4 Å². The molecule has 0 aromatic carbocycles. The second-order valence-electron chi connectivity index (χ2n) is 5.46. The molecule has 114 valence electrons. The fourth-order valence-corrected chi connectivity index (χ4v) is 3.10. The molecule has 2 N–H and O–H groups in total. The molecular weight excluding hydrogens is 240 g/mol. The minimum Gasteiger partial charge on any atom is -0.353 e. The third kappa shape index (κ3) is 5.78. The number of hydrogen-bond acceptors (Lipinski definition) is 4. The van der Waals surface area contributed by atoms with E-state index in [1.54, 1.807) is 0 Å². The molecule has 19 heavy (non-hydrogen) atoms. The SMILES string of the molecule is CCOC(CCN(C)C1CCCCC1CN)OCC. The highest BCUT2D eigenvalue weighted by atomic mass is 16.7. The van der Waals surface area contributed by atoms with Crippen LogP contribution in [-0.4, -0.2) is 50.6 Å². The second kappa shape index (κ2) is 9.70. The molecule has 0 bridgehead atoms. The van der Waals surface area contributed by atoms with Crippen LogP contribution in [0.1, 0.15) is 46.0 Å². The van der Waals surface area contributed by atoms with E-state index >= 15 is 0 Å². The van der Waals surface area contributed by atoms with Crippen molar-refractivity contribution in [3.8, 4) is 0 Å². The Kier molecular flexibility index (Phi) is 8.62. The zero-order valence-electron chi connectivity index (χ0n) is 12.9. The van der Waals surface area contributed by atoms with E-state index < -0.39 is 0 Å². The fraction of sp³-hybridized carbons (Fsp3) is 1.00. The van der Waals surface area contributed by atoms with Gasteiger partial charge in [-0.3, -0.25) is 0 Å². The lowest BCUT2D eigenvalue weighted by atomic mass is 9.83. The van der Waals surface area contributed by atoms with Gasteiger partial charge >= 0.3 is 0 Å². The van der Waals surface area contributed by atoms with Crippen LogP contribution in [-0.2, 0) is 9.47 Å². The number of rotatable bonds is 9. The van der Waals surface area contributed by atoms with Crippen LogP contribution in [0.3, 0.4) is 0 Å². The van der Waals surface area contributed by atoms with Crippen molar-refractivity contribution < 1.29 is 9.47 Å². The molecule has 0 heterocycles. The summed E-state index contributed by atoms with van der Waals surface area (Å²) in [6.45, 7) is 7.29. The van der Waals surface area contributed by atoms with Crippen LogP contribution in [0.2, 0.25) is 0 Å². The van der Waals surface area contributed by atoms with E-state index in [9.17, 15) is 0 Å². The first-order chi connectivity index (χ1) is 9.22. The number of ether oxygens (including phenoxy) is 2. The zero-order valence-corrected chi connectivity index (χ0v) is 12.9. The Morgan fingerprint density at radius 1 is 1.16 bits per heavy atom. The summed E-state index contributed by atoms with van der Waals surface area (Å²) in [4.78, 5) is 2.46. The van der Waals surface area contributed by atoms with Crippen LogP contribution < -0.4 is 5.73 Å². The summed E-state index contributed by atoms with van der Waals surface area (Å²) < 4.78 is 11.2. The van der Waals surface area contributed by atoms with Gasteiger partial charge in [0.05, 0.1) is 0 Å². The highest BCUT2D eigenvalue weighted by Gasteiger charge is 2.27. The van der Waals surface area contributed by atoms with E-state index in [1.807, 2.05) is 13.8 Å². The quantitative estimate of drug-likeness (QED) is 0.654. The van der Waals surface area contributed by atoms with Crippen molar-refractivity contribution in [1.82, 2.24) is 4.90 Å². The smallest absolute Gasteiger partial charge is 0.158 e. The van der Waals surface area contributed by atoms with Crippen LogP contribution in [0.15, 0.2) is 0 Å². The lowest BCUT2D eigenvalue weighted by Gasteiger charge is -2.38. The number of hydrogen-bond donors (Lipinski definition) is 1. The van der Waals surface area contributed by atoms with Gasteiger partial charge in [-0.1, -0.05) is 12.8 Å². The predicted octanol–water partition coefficient (Wildman–Crippen LogP) is 2.22. The Morgan fingerprint density at radius 2 is 1.79 bits per heavy atom. The largest absolute Gasteiger partial charge is 0.353 e. The van der Waals surface area contributed by atoms with Crippen LogP contribution in [0.25, 0.3) is 0 Å². The third-order valence-electron chi connectivity index (χ3n) is 4.16. The highest BCUT2D eigenvalue weighted by Crippen LogP contribution is 2.27. The van der Waals surface area contributed by atoms with Crippen molar-refractivity contribution in [1.29, 1.82) is 0 Å². The monoisotopic (exact) mass is 272 g/mol. The zero-order chi connectivity index (χ0) is 14.1. The van der Waals surface area contributed by atoms with E-state index in [0.29, 0.717) is 25.2 Å². The summed E-state index contributed by atoms with van der Waals surface area (Å²) in [6.07, 6.45) is 6.13. The van der Waals surface area contributed by atoms with Gasteiger partial charge in [0.15, 0.2) is 6.29 Å². The summed E-state index contributed by atoms with van der Waals surface area (Å²) in [6, 6.07) is 0.641. The van der Waals surface area contributed by atoms with Gasteiger partial charge in [0, 0.05) is 32.2 Å². The molecule has 0 saturated heterocycles. The molecule has 0 radical (unpaired) electrons. The van der Waals surface area contributed by atoms with Gasteiger partial charge in [-0.2, -0.15) is 0 Å². The molecule has 0 aromatic rings. The second-order valence-corrected chi connectivity index (χ2v) is 5.46. The van der Waals surface area contributed by atoms with E-state index in [1.165, 1.54) is 25.7 Å². The maximum absolute atomic E-state index is 5.91. The van der Waals surface area contributed by atoms with E-state index in [0.717, 1.165) is 19.5 Å². The first kappa shape index (κ1) is 16.9. The van der Waals surface area contributed by atoms with Crippen molar-refractivity contribution in [2.24, 2.45) is 11.7 Å². The summed E-state index contributed by atoms with van der Waals surface area (Å²) in [5.74, 6) is 0.663. The minimum absolute atomic E-state index is 0.0580. The molecule has 1 fully saturated rings. The first-order valence-electron chi connectivity index (χ1n) is 7.86. The average molecular weight is 272 g/mol. The summed E-state index contributed by atoms with van der Waals surface area (Å²) in [5, 5.41) is 0. The Bertz CT molecular complexity index is 220. The Labute approximate surface area is 118 Å². The molecule has 0 aliphatic heterocycles. The molecule has 1 rings (SSSR count). The molecule has 0 amide bonds. The van der Waals surface area contributed by atoms with E-state index in [-0.39, 0.29) is 6.29 Å². The first-order valence-corrected chi connectivity index (χ1v) is 7.86. The van der Waals surface area contributed by atoms with Gasteiger partial charge in [0.25, 0.3) is 0 Å². The van der Waals surface area contributed by atoms with Crippen LogP contribution in [0.5, 0.6) is 0 Å². The molecule has 2 unspecified atom stereocenters. The van der Waals surface area contributed by atoms with Crippen molar-refractivity contribution >= 4 is 0 Å². The standard InChI is InChI=1S/C15H32N2O2/c1-4-18-15(19-5-2)10-11-17(3)14-9-7-6-8-13(14)12-16/h13-15H,4-12,16H2,1-3H3. The molecule has 0 spiro atoms. The highest BCUT2D eigenvalue weighted by molar-refractivity contribution is 4.82. The number of nitrogens with zero attached hydrogens (tertiary/aromatic N) is 1. The maximum Gasteiger partial charge on any atom is 0.158 e. The number of nitrogens with two attached hydrogens (primary N) is 1. The summed E-state index contributed by atoms with van der Waals surface area (Å²) in [5.41, 5.74) is 5.91. The fourth-order valence-electron chi connectivity index (χ4n) is 3.10. The molecule has 1 aliphatic carbocycles. The Morgan fingerprint density at radius 3 is 2.37 bits per heavy atom. The molecule has 1 aliphatic rings. The summed E-state index contributed by atoms with van der Waals surface area (Å²) >= 11 is 0. The van der Waals surface area contributed by atoms with Crippen LogP contribution in [0, 0.1) is 5.92 Å². The van der Waals surface area contributed by atoms with Gasteiger partial charge in [-0.05, 0) is 46.2 Å². The van der Waals surface area contributed by atoms with Gasteiger partial charge < -0.3 is 20.1 Å². The van der Waals surface area contributed by atoms with Crippen molar-refractivity contribution in [2.45, 2.75) is 58.3 Å². The topological polar surface area (TPSA) is 47.7 Å². The molecule has 0 aromatic heterocycles. The lowest BCUT2D eigenvalue weighted by molar-refractivity contribution is -0.142. The molecular formula is C15H32N2O2. The predicted molar refractivity (Wildman–Crippen MR) is 79.1 cm³/mol. The maximum atomic E-state index is 5.91. The molecule has 2 atom stereocenters. The van der Waals surface area contributed by atoms with Crippen LogP contribution in [0.4, 0.5) is 0 Å². The Balaban J connectivity index is 2.37. The van der Waals surface area contributed by atoms with Gasteiger partial charge in [0.1, 0.15) is 0 Å². The molecule has 4 nitrogen and oxygen atoms in total. The van der Waals surface area contributed by atoms with Crippen molar-refractivity contribution in [3.05, 3.63) is 0 Å². The summed E-state index contributed by atoms with van der Waals surface area (Å²) in [7, 11) is 2.22. The normalized spacial score (nSPS) is 24.3. The minimum atomic E-state index is -0.0580. The van der Waals surface area contributed by atoms with Crippen LogP contribution >= 0.6 is 0 Å². The third-order valence-corrected chi connectivity index (χ3v) is 4.16. The average Bonchev–Trinajstić information content (AvgIpc) is 2.44. The van der Waals surface area contributed by atoms with Gasteiger partial charge in [0.2, 0.25) is 0 Å². The van der Waals surface area contributed by atoms with Gasteiger partial charge in [-0.15, -0.1) is 0 Å². The van der Waals surface area contributed by atoms with Crippen molar-refractivity contribution in [3.63, 3.8) is 0 Å². The van der Waals surface area contributed by atoms with E-state index in [2.05, 4.69) is 11.9 Å². The molecule has 1 saturated carbocycles. The molecule has 4 heteroatoms. The van der Waals surface area contributed by atoms with E-state index in [4.69, 9.17) is 15.2 Å². The Hall–Kier alpha value is -0.160.